The topological polar surface area (TPSA) is 72.3 Å². The Kier molecular flexibility index (Phi) is 3.27. The number of carbonyl (C=O) groups excluding carboxylic acids is 1. The van der Waals surface area contributed by atoms with Crippen LogP contribution >= 0.6 is 0 Å². The van der Waals surface area contributed by atoms with E-state index in [9.17, 15) is 4.79 Å². The zero-order valence-electron chi connectivity index (χ0n) is 8.25. The van der Waals surface area contributed by atoms with Gasteiger partial charge < -0.3 is 16.4 Å². The Bertz CT molecular complexity index is 195. The lowest BCUT2D eigenvalue weighted by molar-refractivity contribution is -0.119. The van der Waals surface area contributed by atoms with Crippen LogP contribution in [0.5, 0.6) is 0 Å². The second-order valence-corrected chi connectivity index (χ2v) is 3.98. The minimum Gasteiger partial charge on any atom is -0.370 e. The number of nitrogens with two attached hydrogens (primary N) is 2. The van der Waals surface area contributed by atoms with E-state index in [1.54, 1.807) is 0 Å². The number of hydrogen-bond acceptors (Lipinski definition) is 3. The van der Waals surface area contributed by atoms with Gasteiger partial charge in [0.1, 0.15) is 0 Å². The summed E-state index contributed by atoms with van der Waals surface area (Å²) in [4.78, 5) is 13.1. The molecule has 0 bridgehead atoms. The van der Waals surface area contributed by atoms with Gasteiger partial charge in [-0.25, -0.2) is 0 Å². The van der Waals surface area contributed by atoms with Crippen molar-refractivity contribution in [3.05, 3.63) is 0 Å². The predicted octanol–water partition coefficient (Wildman–Crippen LogP) is -0.325. The first kappa shape index (κ1) is 10.5. The van der Waals surface area contributed by atoms with Crippen molar-refractivity contribution >= 4 is 5.91 Å². The fourth-order valence-corrected chi connectivity index (χ4v) is 2.02. The third-order valence-electron chi connectivity index (χ3n) is 2.66. The molecule has 1 fully saturated rings. The van der Waals surface area contributed by atoms with Gasteiger partial charge >= 0.3 is 0 Å². The third kappa shape index (κ3) is 2.97. The van der Waals surface area contributed by atoms with Crippen molar-refractivity contribution in [3.8, 4) is 0 Å². The maximum absolute atomic E-state index is 10.8. The van der Waals surface area contributed by atoms with E-state index in [1.165, 1.54) is 0 Å². The van der Waals surface area contributed by atoms with Crippen molar-refractivity contribution in [1.82, 2.24) is 4.90 Å². The van der Waals surface area contributed by atoms with E-state index in [-0.39, 0.29) is 11.4 Å². The van der Waals surface area contributed by atoms with Crippen LogP contribution in [0.3, 0.4) is 0 Å². The maximum Gasteiger partial charge on any atom is 0.219 e. The summed E-state index contributed by atoms with van der Waals surface area (Å²) in [5, 5.41) is 0. The van der Waals surface area contributed by atoms with Crippen molar-refractivity contribution in [3.63, 3.8) is 0 Å². The lowest BCUT2D eigenvalue weighted by atomic mass is 9.87. The lowest BCUT2D eigenvalue weighted by Crippen LogP contribution is -2.55. The molecule has 1 amide bonds. The number of piperidine rings is 1. The number of likely N-dealkylation sites (tertiary alicyclic amines) is 1. The van der Waals surface area contributed by atoms with Gasteiger partial charge in [-0.15, -0.1) is 0 Å². The molecule has 0 spiro atoms. The third-order valence-corrected chi connectivity index (χ3v) is 2.66. The highest BCUT2D eigenvalue weighted by atomic mass is 16.1. The van der Waals surface area contributed by atoms with Gasteiger partial charge in [0.15, 0.2) is 0 Å². The molecule has 1 rings (SSSR count). The molecule has 4 heteroatoms. The molecule has 13 heavy (non-hydrogen) atoms. The Morgan fingerprint density at radius 1 is 1.62 bits per heavy atom. The summed E-state index contributed by atoms with van der Waals surface area (Å²) in [7, 11) is 0. The molecule has 0 aromatic rings. The summed E-state index contributed by atoms with van der Waals surface area (Å²) < 4.78 is 0. The smallest absolute Gasteiger partial charge is 0.219 e. The van der Waals surface area contributed by atoms with Crippen LogP contribution in [-0.4, -0.2) is 36.0 Å². The molecule has 1 unspecified atom stereocenters. The Hall–Kier alpha value is -0.610. The number of nitrogens with zero attached hydrogens (tertiary/aromatic N) is 1. The molecule has 0 aliphatic carbocycles. The second kappa shape index (κ2) is 4.07. The molecule has 0 aromatic heterocycles. The fraction of sp³-hybridized carbons (Fsp3) is 0.889. The molecule has 1 heterocycles. The van der Waals surface area contributed by atoms with Crippen molar-refractivity contribution in [2.45, 2.75) is 31.7 Å². The first-order valence-corrected chi connectivity index (χ1v) is 4.85. The molecule has 4 nitrogen and oxygen atoms in total. The molecule has 0 aromatic carbocycles. The normalized spacial score (nSPS) is 30.3. The number of amides is 1. The number of rotatable bonds is 3. The average molecular weight is 185 g/mol. The second-order valence-electron chi connectivity index (χ2n) is 3.98. The van der Waals surface area contributed by atoms with Crippen molar-refractivity contribution in [2.75, 3.05) is 19.6 Å². The van der Waals surface area contributed by atoms with E-state index >= 15 is 0 Å². The minimum atomic E-state index is -0.375. The summed E-state index contributed by atoms with van der Waals surface area (Å²) in [5.74, 6) is -0.291. The zero-order chi connectivity index (χ0) is 9.90. The summed E-state index contributed by atoms with van der Waals surface area (Å²) in [6.45, 7) is 4.99. The molecule has 1 aliphatic rings. The molecule has 1 aliphatic heterocycles. The Balaban J connectivity index is 2.51. The number of likely N-dealkylation sites (N-methyl/N-ethyl adjacent to an activating group) is 1. The van der Waals surface area contributed by atoms with Crippen molar-refractivity contribution in [2.24, 2.45) is 11.5 Å². The SMILES string of the molecule is CCN1CCCC(N)(CC(N)=O)C1. The highest BCUT2D eigenvalue weighted by Gasteiger charge is 2.32. The quantitative estimate of drug-likeness (QED) is 0.632. The van der Waals surface area contributed by atoms with E-state index in [1.807, 2.05) is 0 Å². The Morgan fingerprint density at radius 2 is 2.31 bits per heavy atom. The maximum atomic E-state index is 10.8. The summed E-state index contributed by atoms with van der Waals surface area (Å²) in [6.07, 6.45) is 2.29. The first-order chi connectivity index (χ1) is 6.06. The monoisotopic (exact) mass is 185 g/mol. The first-order valence-electron chi connectivity index (χ1n) is 4.85. The number of hydrogen-bond donors (Lipinski definition) is 2. The molecule has 76 valence electrons. The standard InChI is InChI=1S/C9H19N3O/c1-2-12-5-3-4-9(11,7-12)6-8(10)13/h2-7,11H2,1H3,(H2,10,13). The van der Waals surface area contributed by atoms with Crippen LogP contribution in [-0.2, 0) is 4.79 Å². The molecule has 1 atom stereocenters. The van der Waals surface area contributed by atoms with E-state index in [0.717, 1.165) is 32.5 Å². The highest BCUT2D eigenvalue weighted by Crippen LogP contribution is 2.21. The number of carbonyl (C=O) groups is 1. The van der Waals surface area contributed by atoms with E-state index < -0.39 is 0 Å². The van der Waals surface area contributed by atoms with E-state index in [4.69, 9.17) is 11.5 Å². The van der Waals surface area contributed by atoms with Crippen LogP contribution < -0.4 is 11.5 Å². The van der Waals surface area contributed by atoms with E-state index in [0.29, 0.717) is 6.42 Å². The summed E-state index contributed by atoms with van der Waals surface area (Å²) >= 11 is 0. The molecule has 0 radical (unpaired) electrons. The van der Waals surface area contributed by atoms with Gasteiger partial charge in [-0.2, -0.15) is 0 Å². The van der Waals surface area contributed by atoms with Crippen molar-refractivity contribution in [1.29, 1.82) is 0 Å². The van der Waals surface area contributed by atoms with Crippen LogP contribution in [0.15, 0.2) is 0 Å². The van der Waals surface area contributed by atoms with E-state index in [2.05, 4.69) is 11.8 Å². The van der Waals surface area contributed by atoms with Crippen LogP contribution in [0.1, 0.15) is 26.2 Å². The zero-order valence-corrected chi connectivity index (χ0v) is 8.25. The van der Waals surface area contributed by atoms with Crippen LogP contribution in [0.25, 0.3) is 0 Å². The minimum absolute atomic E-state index is 0.291. The molecule has 0 saturated carbocycles. The van der Waals surface area contributed by atoms with Crippen LogP contribution in [0.2, 0.25) is 0 Å². The highest BCUT2D eigenvalue weighted by molar-refractivity contribution is 5.75. The fourth-order valence-electron chi connectivity index (χ4n) is 2.02. The van der Waals surface area contributed by atoms with Gasteiger partial charge in [0.25, 0.3) is 0 Å². The Morgan fingerprint density at radius 3 is 2.85 bits per heavy atom. The average Bonchev–Trinajstić information content (AvgIpc) is 2.02. The summed E-state index contributed by atoms with van der Waals surface area (Å²) in [6, 6.07) is 0. The number of primary amides is 1. The molecular weight excluding hydrogens is 166 g/mol. The van der Waals surface area contributed by atoms with Crippen molar-refractivity contribution < 1.29 is 4.79 Å². The summed E-state index contributed by atoms with van der Waals surface area (Å²) in [5.41, 5.74) is 10.9. The van der Waals surface area contributed by atoms with Gasteiger partial charge in [0.2, 0.25) is 5.91 Å². The van der Waals surface area contributed by atoms with Gasteiger partial charge in [-0.05, 0) is 25.9 Å². The van der Waals surface area contributed by atoms with Gasteiger partial charge in [0, 0.05) is 18.5 Å². The van der Waals surface area contributed by atoms with Crippen LogP contribution in [0, 0.1) is 0 Å². The van der Waals surface area contributed by atoms with Gasteiger partial charge in [0.05, 0.1) is 0 Å². The predicted molar refractivity (Wildman–Crippen MR) is 52.1 cm³/mol. The molecular formula is C9H19N3O. The largest absolute Gasteiger partial charge is 0.370 e. The lowest BCUT2D eigenvalue weighted by Gasteiger charge is -2.39. The molecule has 1 saturated heterocycles. The molecule has 4 N–H and O–H groups in total. The van der Waals surface area contributed by atoms with Gasteiger partial charge in [-0.3, -0.25) is 4.79 Å². The van der Waals surface area contributed by atoms with Crippen LogP contribution in [0.4, 0.5) is 0 Å². The Labute approximate surface area is 79.3 Å². The van der Waals surface area contributed by atoms with Gasteiger partial charge in [-0.1, -0.05) is 6.92 Å².